The molecule has 0 N–H and O–H groups in total. The number of hydrogen-bond donors (Lipinski definition) is 0. The molecule has 0 heterocycles. The number of allylic oxidation sites excluding steroid dienone is 5. The van der Waals surface area contributed by atoms with Crippen LogP contribution in [0.4, 0.5) is 0 Å². The molecule has 3 aliphatic carbocycles. The fourth-order valence-electron chi connectivity index (χ4n) is 7.62. The Bertz CT molecular complexity index is 1100. The Hall–Kier alpha value is -0.686. The fourth-order valence-corrected chi connectivity index (χ4v) is 10.3. The van der Waals surface area contributed by atoms with Crippen molar-refractivity contribution in [3.05, 3.63) is 47.6 Å². The van der Waals surface area contributed by atoms with Crippen LogP contribution in [0.25, 0.3) is 0 Å². The van der Waals surface area contributed by atoms with Gasteiger partial charge in [-0.05, 0) is 121 Å². The van der Waals surface area contributed by atoms with E-state index in [4.69, 9.17) is 15.4 Å². The van der Waals surface area contributed by atoms with E-state index >= 15 is 0 Å². The zero-order valence-corrected chi connectivity index (χ0v) is 33.8. The Morgan fingerprint density at radius 1 is 0.864 bits per heavy atom. The summed E-state index contributed by atoms with van der Waals surface area (Å²) in [7, 11) is -3.88. The normalized spacial score (nSPS) is 32.6. The highest BCUT2D eigenvalue weighted by atomic mass is 28.4. The predicted octanol–water partition coefficient (Wildman–Crippen LogP) is 12.7. The molecule has 0 bridgehead atoms. The van der Waals surface area contributed by atoms with Crippen molar-refractivity contribution < 1.29 is 8.85 Å². The SMILES string of the molecule is C=C1/C(=C/C=C2/CCC[C@]3(C)[C@@H]([C@H](C)C=C[C@H](C)C(C)C)CC[C@@H]23)C[C@@H](O[Si](C)(C)C(C)(C)C)C[C@@H]1O[Si](C)(C)C(C)(C)C. The third-order valence-electron chi connectivity index (χ3n) is 13.2. The molecule has 0 aromatic carbocycles. The average Bonchev–Trinajstić information content (AvgIpc) is 3.23. The summed E-state index contributed by atoms with van der Waals surface area (Å²) in [6.07, 6.45) is 18.8. The smallest absolute Gasteiger partial charge is 0.192 e. The summed E-state index contributed by atoms with van der Waals surface area (Å²) in [4.78, 5) is 0. The first-order valence-electron chi connectivity index (χ1n) is 18.1. The first-order valence-corrected chi connectivity index (χ1v) is 23.9. The lowest BCUT2D eigenvalue weighted by atomic mass is 9.61. The highest BCUT2D eigenvalue weighted by Crippen LogP contribution is 2.59. The highest BCUT2D eigenvalue weighted by molar-refractivity contribution is 6.74. The Kier molecular flexibility index (Phi) is 11.9. The van der Waals surface area contributed by atoms with Gasteiger partial charge in [0.25, 0.3) is 0 Å². The Morgan fingerprint density at radius 3 is 2.02 bits per heavy atom. The highest BCUT2D eigenvalue weighted by Gasteiger charge is 2.50. The molecule has 0 radical (unpaired) electrons. The van der Waals surface area contributed by atoms with Crippen molar-refractivity contribution in [2.45, 2.75) is 170 Å². The maximum absolute atomic E-state index is 7.09. The summed E-state index contributed by atoms with van der Waals surface area (Å²) in [6, 6.07) is 0. The Labute approximate surface area is 276 Å². The quantitative estimate of drug-likeness (QED) is 0.184. The minimum Gasteiger partial charge on any atom is -0.413 e. The zero-order valence-electron chi connectivity index (χ0n) is 31.8. The number of fused-ring (bicyclic) bond motifs is 1. The molecule has 0 aromatic heterocycles. The summed E-state index contributed by atoms with van der Waals surface area (Å²) in [6.45, 7) is 40.5. The molecule has 0 saturated heterocycles. The molecule has 3 rings (SSSR count). The van der Waals surface area contributed by atoms with Crippen molar-refractivity contribution >= 4 is 16.6 Å². The lowest BCUT2D eigenvalue weighted by Crippen LogP contribution is -2.49. The molecule has 3 aliphatic rings. The molecular weight excluding hydrogens is 569 g/mol. The topological polar surface area (TPSA) is 18.5 Å². The molecule has 3 saturated carbocycles. The third kappa shape index (κ3) is 8.42. The zero-order chi connectivity index (χ0) is 33.5. The van der Waals surface area contributed by atoms with Gasteiger partial charge in [-0.25, -0.2) is 0 Å². The van der Waals surface area contributed by atoms with Gasteiger partial charge < -0.3 is 8.85 Å². The van der Waals surface area contributed by atoms with Gasteiger partial charge in [0.1, 0.15) is 0 Å². The molecule has 0 aromatic rings. The summed E-state index contributed by atoms with van der Waals surface area (Å²) in [5.41, 5.74) is 4.64. The molecule has 0 amide bonds. The summed E-state index contributed by atoms with van der Waals surface area (Å²) in [5, 5.41) is 0.352. The predicted molar refractivity (Wildman–Crippen MR) is 199 cm³/mol. The van der Waals surface area contributed by atoms with Gasteiger partial charge in [0, 0.05) is 6.42 Å². The first kappa shape index (κ1) is 37.8. The van der Waals surface area contributed by atoms with E-state index in [2.05, 4.69) is 127 Å². The summed E-state index contributed by atoms with van der Waals surface area (Å²) < 4.78 is 14.2. The maximum atomic E-state index is 7.09. The van der Waals surface area contributed by atoms with Crippen molar-refractivity contribution in [3.8, 4) is 0 Å². The van der Waals surface area contributed by atoms with E-state index in [0.717, 1.165) is 18.8 Å². The van der Waals surface area contributed by atoms with E-state index < -0.39 is 16.6 Å². The van der Waals surface area contributed by atoms with Crippen LogP contribution in [-0.4, -0.2) is 28.8 Å². The number of rotatable bonds is 9. The largest absolute Gasteiger partial charge is 0.413 e. The second kappa shape index (κ2) is 13.8. The van der Waals surface area contributed by atoms with Crippen molar-refractivity contribution in [3.63, 3.8) is 0 Å². The molecule has 0 unspecified atom stereocenters. The minimum absolute atomic E-state index is 0.0393. The minimum atomic E-state index is -1.96. The van der Waals surface area contributed by atoms with Crippen LogP contribution in [-0.2, 0) is 8.85 Å². The molecule has 2 nitrogen and oxygen atoms in total. The molecule has 44 heavy (non-hydrogen) atoms. The monoisotopic (exact) mass is 641 g/mol. The van der Waals surface area contributed by atoms with Gasteiger partial charge in [0.15, 0.2) is 16.6 Å². The maximum Gasteiger partial charge on any atom is 0.192 e. The molecule has 0 spiro atoms. The molecule has 252 valence electrons. The van der Waals surface area contributed by atoms with Crippen LogP contribution in [0.1, 0.15) is 121 Å². The summed E-state index contributed by atoms with van der Waals surface area (Å²) >= 11 is 0. The first-order chi connectivity index (χ1) is 20.0. The van der Waals surface area contributed by atoms with E-state index in [1.165, 1.54) is 43.3 Å². The van der Waals surface area contributed by atoms with Crippen LogP contribution in [0, 0.1) is 35.0 Å². The van der Waals surface area contributed by atoms with Crippen molar-refractivity contribution in [1.29, 1.82) is 0 Å². The van der Waals surface area contributed by atoms with Gasteiger partial charge in [0.05, 0.1) is 12.2 Å². The molecular formula is C40H72O2Si2. The van der Waals surface area contributed by atoms with Crippen LogP contribution in [0.3, 0.4) is 0 Å². The Morgan fingerprint density at radius 2 is 1.45 bits per heavy atom. The standard InChI is InChI=1S/C40H72O2Si2/c1-28(2)29(3)19-20-30(4)35-23-24-36-32(18-17-25-40(35,36)12)21-22-33-26-34(41-43(13,14)38(6,7)8)27-37(31(33)5)42-44(15,16)39(9,10)11/h19-22,28-30,34-37H,5,17-18,23-27H2,1-4,6-16H3/b20-19?,32-21-,33-22+/t29-,30+,34+,35+,36-,37-,40+/m0/s1. The van der Waals surface area contributed by atoms with Gasteiger partial charge in [-0.15, -0.1) is 0 Å². The van der Waals surface area contributed by atoms with Crippen LogP contribution < -0.4 is 0 Å². The van der Waals surface area contributed by atoms with Crippen LogP contribution in [0.15, 0.2) is 47.6 Å². The molecule has 0 aliphatic heterocycles. The van der Waals surface area contributed by atoms with Gasteiger partial charge in [-0.3, -0.25) is 0 Å². The van der Waals surface area contributed by atoms with Gasteiger partial charge in [-0.1, -0.05) is 113 Å². The van der Waals surface area contributed by atoms with E-state index in [9.17, 15) is 0 Å². The van der Waals surface area contributed by atoms with Crippen molar-refractivity contribution in [2.75, 3.05) is 0 Å². The van der Waals surface area contributed by atoms with E-state index in [1.807, 2.05) is 0 Å². The van der Waals surface area contributed by atoms with Crippen LogP contribution >= 0.6 is 0 Å². The van der Waals surface area contributed by atoms with Gasteiger partial charge in [0.2, 0.25) is 0 Å². The molecule has 3 fully saturated rings. The van der Waals surface area contributed by atoms with E-state index in [0.29, 0.717) is 29.1 Å². The summed E-state index contributed by atoms with van der Waals surface area (Å²) in [5.74, 6) is 3.47. The molecule has 7 atom stereocenters. The van der Waals surface area contributed by atoms with Crippen LogP contribution in [0.5, 0.6) is 0 Å². The van der Waals surface area contributed by atoms with E-state index in [-0.39, 0.29) is 22.3 Å². The fraction of sp³-hybridized carbons (Fsp3) is 0.800. The lowest BCUT2D eigenvalue weighted by Gasteiger charge is -2.45. The van der Waals surface area contributed by atoms with Crippen molar-refractivity contribution in [2.24, 2.45) is 35.0 Å². The van der Waals surface area contributed by atoms with Gasteiger partial charge in [-0.2, -0.15) is 0 Å². The Balaban J connectivity index is 1.90. The third-order valence-corrected chi connectivity index (χ3v) is 22.2. The van der Waals surface area contributed by atoms with Gasteiger partial charge >= 0.3 is 0 Å². The number of hydrogen-bond acceptors (Lipinski definition) is 2. The van der Waals surface area contributed by atoms with Crippen molar-refractivity contribution in [1.82, 2.24) is 0 Å². The molecule has 4 heteroatoms. The second-order valence-electron chi connectivity index (χ2n) is 18.7. The lowest BCUT2D eigenvalue weighted by molar-refractivity contribution is 0.0969. The van der Waals surface area contributed by atoms with E-state index in [1.54, 1.807) is 5.57 Å². The average molecular weight is 641 g/mol. The second-order valence-corrected chi connectivity index (χ2v) is 28.2. The van der Waals surface area contributed by atoms with Crippen LogP contribution in [0.2, 0.25) is 36.3 Å².